The Morgan fingerprint density at radius 3 is 2.89 bits per heavy atom. The van der Waals surface area contributed by atoms with Gasteiger partial charge in [0.25, 0.3) is 0 Å². The lowest BCUT2D eigenvalue weighted by Gasteiger charge is -2.06. The van der Waals surface area contributed by atoms with E-state index in [0.29, 0.717) is 22.7 Å². The predicted octanol–water partition coefficient (Wildman–Crippen LogP) is 1.99. The Labute approximate surface area is 108 Å². The van der Waals surface area contributed by atoms with Crippen molar-refractivity contribution in [3.63, 3.8) is 0 Å². The van der Waals surface area contributed by atoms with Gasteiger partial charge in [0.2, 0.25) is 5.91 Å². The second-order valence-corrected chi connectivity index (χ2v) is 4.02. The van der Waals surface area contributed by atoms with Crippen molar-refractivity contribution in [1.29, 1.82) is 0 Å². The van der Waals surface area contributed by atoms with Crippen LogP contribution in [0, 0.1) is 0 Å². The molecule has 0 atom stereocenters. The van der Waals surface area contributed by atoms with Crippen LogP contribution in [0.5, 0.6) is 0 Å². The van der Waals surface area contributed by atoms with E-state index >= 15 is 0 Å². The van der Waals surface area contributed by atoms with Gasteiger partial charge < -0.3 is 9.88 Å². The van der Waals surface area contributed by atoms with Crippen LogP contribution in [0.4, 0.5) is 5.69 Å². The molecular formula is C12H10ClN3O2. The van der Waals surface area contributed by atoms with Crippen molar-refractivity contribution in [2.24, 2.45) is 0 Å². The van der Waals surface area contributed by atoms with Crippen LogP contribution in [0.25, 0.3) is 0 Å². The largest absolute Gasteiger partial charge is 0.327 e. The summed E-state index contributed by atoms with van der Waals surface area (Å²) in [7, 11) is 0. The molecule has 92 valence electrons. The minimum atomic E-state index is -0.238. The zero-order chi connectivity index (χ0) is 13.0. The number of para-hydroxylation sites is 1. The van der Waals surface area contributed by atoms with Gasteiger partial charge in [-0.05, 0) is 12.1 Å². The van der Waals surface area contributed by atoms with Crippen molar-refractivity contribution in [2.75, 3.05) is 5.32 Å². The van der Waals surface area contributed by atoms with Crippen LogP contribution >= 0.6 is 11.6 Å². The molecular weight excluding hydrogens is 254 g/mol. The van der Waals surface area contributed by atoms with Gasteiger partial charge in [-0.3, -0.25) is 9.59 Å². The number of rotatable bonds is 4. The first-order chi connectivity index (χ1) is 8.69. The smallest absolute Gasteiger partial charge is 0.244 e. The minimum absolute atomic E-state index is 0.0755. The van der Waals surface area contributed by atoms with E-state index in [2.05, 4.69) is 10.3 Å². The number of aromatic nitrogens is 2. The number of carbonyl (C=O) groups excluding carboxylic acids is 2. The standard InChI is InChI=1S/C12H10ClN3O2/c13-10-3-1-2-4-11(10)15-12(18)6-16-5-9(7-17)14-8-16/h1-5,7-8H,6H2,(H,15,18). The predicted molar refractivity (Wildman–Crippen MR) is 67.7 cm³/mol. The molecule has 0 bridgehead atoms. The Hall–Kier alpha value is -2.14. The fourth-order valence-corrected chi connectivity index (χ4v) is 1.63. The lowest BCUT2D eigenvalue weighted by atomic mass is 10.3. The van der Waals surface area contributed by atoms with Crippen LogP contribution in [0.15, 0.2) is 36.8 Å². The third kappa shape index (κ3) is 2.95. The van der Waals surface area contributed by atoms with Crippen LogP contribution in [-0.4, -0.2) is 21.7 Å². The number of benzene rings is 1. The van der Waals surface area contributed by atoms with Crippen LogP contribution in [0.3, 0.4) is 0 Å². The number of aldehydes is 1. The first-order valence-electron chi connectivity index (χ1n) is 5.20. The van der Waals surface area contributed by atoms with Crippen LogP contribution in [0.2, 0.25) is 5.02 Å². The van der Waals surface area contributed by atoms with E-state index in [9.17, 15) is 9.59 Å². The Kier molecular flexibility index (Phi) is 3.74. The zero-order valence-electron chi connectivity index (χ0n) is 9.34. The van der Waals surface area contributed by atoms with Crippen LogP contribution < -0.4 is 5.32 Å². The number of halogens is 1. The molecule has 0 saturated heterocycles. The minimum Gasteiger partial charge on any atom is -0.327 e. The normalized spacial score (nSPS) is 10.1. The summed E-state index contributed by atoms with van der Waals surface area (Å²) in [6.07, 6.45) is 3.55. The summed E-state index contributed by atoms with van der Waals surface area (Å²) in [6.45, 7) is 0.0755. The molecule has 6 heteroatoms. The molecule has 0 aliphatic heterocycles. The van der Waals surface area contributed by atoms with E-state index in [1.807, 2.05) is 0 Å². The molecule has 2 aromatic rings. The average molecular weight is 264 g/mol. The monoisotopic (exact) mass is 263 g/mol. The topological polar surface area (TPSA) is 64.0 Å². The molecule has 0 radical (unpaired) electrons. The van der Waals surface area contributed by atoms with Gasteiger partial charge in [0, 0.05) is 6.20 Å². The van der Waals surface area contributed by atoms with Gasteiger partial charge in [-0.15, -0.1) is 0 Å². The van der Waals surface area contributed by atoms with Gasteiger partial charge in [-0.1, -0.05) is 23.7 Å². The fraction of sp³-hybridized carbons (Fsp3) is 0.0833. The summed E-state index contributed by atoms with van der Waals surface area (Å²) in [5.74, 6) is -0.238. The van der Waals surface area contributed by atoms with Crippen molar-refractivity contribution in [1.82, 2.24) is 9.55 Å². The van der Waals surface area contributed by atoms with E-state index in [1.54, 1.807) is 24.3 Å². The first-order valence-corrected chi connectivity index (χ1v) is 5.58. The SMILES string of the molecule is O=Cc1cn(CC(=O)Nc2ccccc2Cl)cn1. The van der Waals surface area contributed by atoms with Crippen molar-refractivity contribution in [3.8, 4) is 0 Å². The molecule has 1 amide bonds. The first kappa shape index (κ1) is 12.3. The highest BCUT2D eigenvalue weighted by atomic mass is 35.5. The van der Waals surface area contributed by atoms with E-state index in [-0.39, 0.29) is 12.5 Å². The molecule has 0 saturated carbocycles. The quantitative estimate of drug-likeness (QED) is 0.858. The number of hydrogen-bond acceptors (Lipinski definition) is 3. The Bertz CT molecular complexity index is 580. The van der Waals surface area contributed by atoms with Gasteiger partial charge in [-0.25, -0.2) is 4.98 Å². The molecule has 2 rings (SSSR count). The number of imidazole rings is 1. The van der Waals surface area contributed by atoms with Crippen molar-refractivity contribution in [2.45, 2.75) is 6.54 Å². The summed E-state index contributed by atoms with van der Waals surface area (Å²) in [4.78, 5) is 26.0. The van der Waals surface area contributed by atoms with Crippen molar-refractivity contribution < 1.29 is 9.59 Å². The fourth-order valence-electron chi connectivity index (χ4n) is 1.44. The summed E-state index contributed by atoms with van der Waals surface area (Å²) in [6, 6.07) is 6.97. The molecule has 0 aliphatic carbocycles. The van der Waals surface area contributed by atoms with E-state index in [4.69, 9.17) is 11.6 Å². The summed E-state index contributed by atoms with van der Waals surface area (Å²) < 4.78 is 1.52. The van der Waals surface area contributed by atoms with E-state index in [0.717, 1.165) is 0 Å². The molecule has 0 unspecified atom stereocenters. The number of hydrogen-bond donors (Lipinski definition) is 1. The number of anilines is 1. The molecule has 1 heterocycles. The Morgan fingerprint density at radius 1 is 1.44 bits per heavy atom. The lowest BCUT2D eigenvalue weighted by molar-refractivity contribution is -0.116. The molecule has 1 aromatic heterocycles. The number of amides is 1. The highest BCUT2D eigenvalue weighted by Crippen LogP contribution is 2.20. The van der Waals surface area contributed by atoms with Gasteiger partial charge in [0.05, 0.1) is 17.0 Å². The molecule has 0 spiro atoms. The average Bonchev–Trinajstić information content (AvgIpc) is 2.80. The van der Waals surface area contributed by atoms with Gasteiger partial charge in [0.15, 0.2) is 6.29 Å². The van der Waals surface area contributed by atoms with Crippen LogP contribution in [-0.2, 0) is 11.3 Å². The number of carbonyl (C=O) groups is 2. The van der Waals surface area contributed by atoms with E-state index in [1.165, 1.54) is 17.1 Å². The van der Waals surface area contributed by atoms with Crippen LogP contribution in [0.1, 0.15) is 10.5 Å². The third-order valence-electron chi connectivity index (χ3n) is 2.25. The highest BCUT2D eigenvalue weighted by Gasteiger charge is 2.06. The van der Waals surface area contributed by atoms with Crippen molar-refractivity contribution in [3.05, 3.63) is 47.5 Å². The molecule has 1 aromatic carbocycles. The molecule has 5 nitrogen and oxygen atoms in total. The zero-order valence-corrected chi connectivity index (χ0v) is 10.1. The summed E-state index contributed by atoms with van der Waals surface area (Å²) >= 11 is 5.92. The van der Waals surface area contributed by atoms with Gasteiger partial charge in [-0.2, -0.15) is 0 Å². The lowest BCUT2D eigenvalue weighted by Crippen LogP contribution is -2.18. The second kappa shape index (κ2) is 5.46. The molecule has 0 aliphatic rings. The number of nitrogens with one attached hydrogen (secondary N) is 1. The number of nitrogens with zero attached hydrogens (tertiary/aromatic N) is 2. The Balaban J connectivity index is 2.01. The van der Waals surface area contributed by atoms with Gasteiger partial charge >= 0.3 is 0 Å². The molecule has 1 N–H and O–H groups in total. The highest BCUT2D eigenvalue weighted by molar-refractivity contribution is 6.33. The van der Waals surface area contributed by atoms with Crippen molar-refractivity contribution >= 4 is 29.5 Å². The van der Waals surface area contributed by atoms with E-state index < -0.39 is 0 Å². The Morgan fingerprint density at radius 2 is 2.22 bits per heavy atom. The summed E-state index contributed by atoms with van der Waals surface area (Å²) in [5, 5.41) is 3.16. The van der Waals surface area contributed by atoms with Gasteiger partial charge in [0.1, 0.15) is 12.2 Å². The second-order valence-electron chi connectivity index (χ2n) is 3.62. The maximum atomic E-state index is 11.7. The maximum Gasteiger partial charge on any atom is 0.244 e. The third-order valence-corrected chi connectivity index (χ3v) is 2.58. The maximum absolute atomic E-state index is 11.7. The molecule has 0 fully saturated rings. The molecule has 18 heavy (non-hydrogen) atoms. The summed E-state index contributed by atoms with van der Waals surface area (Å²) in [5.41, 5.74) is 0.848.